The van der Waals surface area contributed by atoms with Gasteiger partial charge in [-0.05, 0) is 19.8 Å². The van der Waals surface area contributed by atoms with Gasteiger partial charge in [-0.3, -0.25) is 0 Å². The summed E-state index contributed by atoms with van der Waals surface area (Å²) in [5, 5.41) is 21.5. The van der Waals surface area contributed by atoms with Crippen LogP contribution in [0.1, 0.15) is 27.7 Å². The lowest BCUT2D eigenvalue weighted by molar-refractivity contribution is 0.0695. The average molecular weight is 175 g/mol. The lowest BCUT2D eigenvalue weighted by atomic mass is 10.0. The molecule has 0 spiro atoms. The Morgan fingerprint density at radius 2 is 1.83 bits per heavy atom. The maximum absolute atomic E-state index is 9.40. The molecule has 0 radical (unpaired) electrons. The molecule has 0 fully saturated rings. The SMILES string of the molecule is CC(C)[C@@H](CO)NCC(C)(C)O. The predicted molar refractivity (Wildman–Crippen MR) is 50.0 cm³/mol. The standard InChI is InChI=1S/C9H21NO2/c1-7(2)8(5-11)10-6-9(3,4)12/h7-8,10-12H,5-6H2,1-4H3/t8-/m1/s1. The molecular weight excluding hydrogens is 154 g/mol. The van der Waals surface area contributed by atoms with Gasteiger partial charge in [-0.1, -0.05) is 13.8 Å². The first-order chi connectivity index (χ1) is 5.37. The molecule has 0 aliphatic carbocycles. The van der Waals surface area contributed by atoms with Crippen LogP contribution in [-0.2, 0) is 0 Å². The van der Waals surface area contributed by atoms with Crippen LogP contribution >= 0.6 is 0 Å². The quantitative estimate of drug-likeness (QED) is 0.565. The third-order valence-electron chi connectivity index (χ3n) is 1.80. The maximum atomic E-state index is 9.40. The van der Waals surface area contributed by atoms with Gasteiger partial charge in [0.2, 0.25) is 0 Å². The van der Waals surface area contributed by atoms with Crippen molar-refractivity contribution in [2.45, 2.75) is 39.3 Å². The van der Waals surface area contributed by atoms with Crippen molar-refractivity contribution < 1.29 is 10.2 Å². The van der Waals surface area contributed by atoms with E-state index in [4.69, 9.17) is 5.11 Å². The van der Waals surface area contributed by atoms with Gasteiger partial charge in [0.25, 0.3) is 0 Å². The van der Waals surface area contributed by atoms with Crippen LogP contribution in [0, 0.1) is 5.92 Å². The molecule has 12 heavy (non-hydrogen) atoms. The van der Waals surface area contributed by atoms with Crippen molar-refractivity contribution in [3.63, 3.8) is 0 Å². The molecule has 3 heteroatoms. The molecule has 74 valence electrons. The zero-order valence-corrected chi connectivity index (χ0v) is 8.46. The first kappa shape index (κ1) is 11.9. The van der Waals surface area contributed by atoms with E-state index < -0.39 is 5.60 Å². The maximum Gasteiger partial charge on any atom is 0.0715 e. The van der Waals surface area contributed by atoms with E-state index >= 15 is 0 Å². The van der Waals surface area contributed by atoms with Crippen LogP contribution in [0.3, 0.4) is 0 Å². The second kappa shape index (κ2) is 4.80. The molecular formula is C9H21NO2. The summed E-state index contributed by atoms with van der Waals surface area (Å²) in [4.78, 5) is 0. The van der Waals surface area contributed by atoms with Crippen LogP contribution in [0.5, 0.6) is 0 Å². The number of nitrogens with one attached hydrogen (secondary N) is 1. The molecule has 0 bridgehead atoms. The highest BCUT2D eigenvalue weighted by atomic mass is 16.3. The first-order valence-electron chi connectivity index (χ1n) is 4.43. The van der Waals surface area contributed by atoms with Gasteiger partial charge >= 0.3 is 0 Å². The molecule has 0 aromatic carbocycles. The third kappa shape index (κ3) is 5.52. The summed E-state index contributed by atoms with van der Waals surface area (Å²) < 4.78 is 0. The second-order valence-electron chi connectivity index (χ2n) is 4.23. The molecule has 0 aromatic heterocycles. The fourth-order valence-corrected chi connectivity index (χ4v) is 0.892. The van der Waals surface area contributed by atoms with Crippen molar-refractivity contribution in [3.8, 4) is 0 Å². The Morgan fingerprint density at radius 1 is 1.33 bits per heavy atom. The summed E-state index contributed by atoms with van der Waals surface area (Å²) in [6, 6.07) is 0.0800. The Morgan fingerprint density at radius 3 is 2.08 bits per heavy atom. The summed E-state index contributed by atoms with van der Waals surface area (Å²) >= 11 is 0. The minimum absolute atomic E-state index is 0.0800. The predicted octanol–water partition coefficient (Wildman–Crippen LogP) is 0.364. The fourth-order valence-electron chi connectivity index (χ4n) is 0.892. The normalized spacial score (nSPS) is 15.2. The number of aliphatic hydroxyl groups is 2. The number of rotatable bonds is 5. The summed E-state index contributed by atoms with van der Waals surface area (Å²) in [6.45, 7) is 8.20. The van der Waals surface area contributed by atoms with Gasteiger partial charge in [0.1, 0.15) is 0 Å². The molecule has 0 unspecified atom stereocenters. The molecule has 3 nitrogen and oxygen atoms in total. The lowest BCUT2D eigenvalue weighted by Gasteiger charge is -2.25. The van der Waals surface area contributed by atoms with Crippen LogP contribution in [0.15, 0.2) is 0 Å². The van der Waals surface area contributed by atoms with Gasteiger partial charge in [-0.25, -0.2) is 0 Å². The van der Waals surface area contributed by atoms with E-state index in [0.29, 0.717) is 12.5 Å². The van der Waals surface area contributed by atoms with E-state index in [1.807, 2.05) is 13.8 Å². The van der Waals surface area contributed by atoms with Crippen molar-refractivity contribution in [1.82, 2.24) is 5.32 Å². The Hall–Kier alpha value is -0.120. The van der Waals surface area contributed by atoms with E-state index in [2.05, 4.69) is 5.32 Å². The highest BCUT2D eigenvalue weighted by molar-refractivity contribution is 4.75. The summed E-state index contributed by atoms with van der Waals surface area (Å²) in [6.07, 6.45) is 0. The fraction of sp³-hybridized carbons (Fsp3) is 1.00. The van der Waals surface area contributed by atoms with Gasteiger partial charge in [0, 0.05) is 12.6 Å². The van der Waals surface area contributed by atoms with E-state index in [-0.39, 0.29) is 12.6 Å². The van der Waals surface area contributed by atoms with Crippen LogP contribution in [-0.4, -0.2) is 35.0 Å². The summed E-state index contributed by atoms with van der Waals surface area (Å²) in [5.74, 6) is 0.386. The largest absolute Gasteiger partial charge is 0.395 e. The molecule has 0 saturated carbocycles. The van der Waals surface area contributed by atoms with Crippen molar-refractivity contribution in [3.05, 3.63) is 0 Å². The zero-order chi connectivity index (χ0) is 9.78. The Bertz CT molecular complexity index is 118. The van der Waals surface area contributed by atoms with Gasteiger partial charge < -0.3 is 15.5 Å². The van der Waals surface area contributed by atoms with Crippen molar-refractivity contribution in [2.24, 2.45) is 5.92 Å². The molecule has 0 saturated heterocycles. The Balaban J connectivity index is 3.73. The average Bonchev–Trinajstić information content (AvgIpc) is 1.85. The third-order valence-corrected chi connectivity index (χ3v) is 1.80. The summed E-state index contributed by atoms with van der Waals surface area (Å²) in [5.41, 5.74) is -0.706. The van der Waals surface area contributed by atoms with Crippen LogP contribution in [0.2, 0.25) is 0 Å². The molecule has 0 heterocycles. The van der Waals surface area contributed by atoms with Gasteiger partial charge in [0.15, 0.2) is 0 Å². The minimum atomic E-state index is -0.706. The van der Waals surface area contributed by atoms with Gasteiger partial charge in [-0.2, -0.15) is 0 Å². The zero-order valence-electron chi connectivity index (χ0n) is 8.46. The molecule has 1 atom stereocenters. The van der Waals surface area contributed by atoms with E-state index in [1.165, 1.54) is 0 Å². The minimum Gasteiger partial charge on any atom is -0.395 e. The first-order valence-corrected chi connectivity index (χ1v) is 4.43. The van der Waals surface area contributed by atoms with Crippen molar-refractivity contribution >= 4 is 0 Å². The molecule has 3 N–H and O–H groups in total. The Labute approximate surface area is 74.8 Å². The molecule has 0 amide bonds. The second-order valence-corrected chi connectivity index (χ2v) is 4.23. The highest BCUT2D eigenvalue weighted by Crippen LogP contribution is 2.03. The van der Waals surface area contributed by atoms with E-state index in [9.17, 15) is 5.11 Å². The number of hydrogen-bond acceptors (Lipinski definition) is 3. The molecule has 0 aliphatic heterocycles. The number of hydrogen-bond donors (Lipinski definition) is 3. The Kier molecular flexibility index (Phi) is 4.75. The summed E-state index contributed by atoms with van der Waals surface area (Å²) in [7, 11) is 0. The molecule has 0 aromatic rings. The van der Waals surface area contributed by atoms with E-state index in [0.717, 1.165) is 0 Å². The van der Waals surface area contributed by atoms with Crippen LogP contribution in [0.25, 0.3) is 0 Å². The molecule has 0 rings (SSSR count). The highest BCUT2D eigenvalue weighted by Gasteiger charge is 2.17. The topological polar surface area (TPSA) is 52.5 Å². The molecule has 0 aliphatic rings. The van der Waals surface area contributed by atoms with E-state index in [1.54, 1.807) is 13.8 Å². The lowest BCUT2D eigenvalue weighted by Crippen LogP contribution is -2.44. The van der Waals surface area contributed by atoms with Crippen molar-refractivity contribution in [1.29, 1.82) is 0 Å². The van der Waals surface area contributed by atoms with Crippen molar-refractivity contribution in [2.75, 3.05) is 13.2 Å². The van der Waals surface area contributed by atoms with Gasteiger partial charge in [0.05, 0.1) is 12.2 Å². The van der Waals surface area contributed by atoms with Gasteiger partial charge in [-0.15, -0.1) is 0 Å². The smallest absolute Gasteiger partial charge is 0.0715 e. The number of aliphatic hydroxyl groups excluding tert-OH is 1. The van der Waals surface area contributed by atoms with Crippen LogP contribution < -0.4 is 5.32 Å². The van der Waals surface area contributed by atoms with Crippen LogP contribution in [0.4, 0.5) is 0 Å². The monoisotopic (exact) mass is 175 g/mol.